The quantitative estimate of drug-likeness (QED) is 0.0755. The maximum absolute atomic E-state index is 12.7. The number of hydrogen-bond donors (Lipinski definition) is 11. The number of primary amides is 1. The van der Waals surface area contributed by atoms with Gasteiger partial charge in [-0.1, -0.05) is 0 Å². The van der Waals surface area contributed by atoms with Crippen LogP contribution < -0.4 is 60.6 Å². The molecule has 16 N–H and O–H groups in total. The van der Waals surface area contributed by atoms with Gasteiger partial charge in [-0.05, 0) is 0 Å². The predicted octanol–water partition coefficient (Wildman–Crippen LogP) is -6.57. The number of rotatable bonds is 20. The number of Topliss-reactive ketones (excluding diaryl/α,β-unsaturated/α-hetero) is 1. The number of nitrogens with two attached hydrogens (primary N) is 5. The lowest BCUT2D eigenvalue weighted by Crippen LogP contribution is -2.54. The van der Waals surface area contributed by atoms with Gasteiger partial charge in [0.25, 0.3) is 0 Å². The fourth-order valence-corrected chi connectivity index (χ4v) is 2.74. The summed E-state index contributed by atoms with van der Waals surface area (Å²) in [7, 11) is 0. The van der Waals surface area contributed by atoms with Crippen molar-refractivity contribution in [2.24, 2.45) is 34.6 Å². The molecule has 0 fully saturated rings. The third kappa shape index (κ3) is 13.2. The van der Waals surface area contributed by atoms with Gasteiger partial charge in [-0.2, -0.15) is 0 Å². The number of nitrogens with one attached hydrogen (secondary N) is 6. The second-order valence-corrected chi connectivity index (χ2v) is 6.86. The first-order chi connectivity index (χ1) is 15.3. The summed E-state index contributed by atoms with van der Waals surface area (Å²) in [6, 6.07) is -1.35. The van der Waals surface area contributed by atoms with Crippen molar-refractivity contribution >= 4 is 23.5 Å². The van der Waals surface area contributed by atoms with Crippen LogP contribution in [-0.4, -0.2) is 88.4 Å². The maximum atomic E-state index is 12.7. The van der Waals surface area contributed by atoms with Gasteiger partial charge in [0.15, 0.2) is 5.78 Å². The second kappa shape index (κ2) is 18.3. The first-order valence-electron chi connectivity index (χ1n) is 10.4. The monoisotopic (exact) mass is 461 g/mol. The molecule has 0 heterocycles. The van der Waals surface area contributed by atoms with Gasteiger partial charge < -0.3 is 49.9 Å². The Morgan fingerprint density at radius 2 is 1.25 bits per heavy atom. The van der Waals surface area contributed by atoms with Crippen LogP contribution >= 0.6 is 0 Å². The molecule has 0 saturated heterocycles. The lowest BCUT2D eigenvalue weighted by Gasteiger charge is -2.23. The van der Waals surface area contributed by atoms with Crippen LogP contribution in [0.5, 0.6) is 0 Å². The number of ketones is 1. The van der Waals surface area contributed by atoms with Crippen molar-refractivity contribution in [3.05, 3.63) is 0 Å². The molecule has 3 atom stereocenters. The fourth-order valence-electron chi connectivity index (χ4n) is 2.74. The normalized spacial score (nSPS) is 13.8. The van der Waals surface area contributed by atoms with E-state index in [2.05, 4.69) is 31.9 Å². The Kier molecular flexibility index (Phi) is 17.1. The van der Waals surface area contributed by atoms with E-state index in [1.807, 2.05) is 0 Å². The molecule has 0 bridgehead atoms. The summed E-state index contributed by atoms with van der Waals surface area (Å²) in [5, 5.41) is 16.5. The molecular formula is C17H39N11O4. The highest BCUT2D eigenvalue weighted by Gasteiger charge is 2.27. The highest BCUT2D eigenvalue weighted by atomic mass is 16.2. The molecule has 0 spiro atoms. The number of amides is 3. The van der Waals surface area contributed by atoms with Crippen molar-refractivity contribution in [1.29, 1.82) is 0 Å². The molecule has 0 rings (SSSR count). The van der Waals surface area contributed by atoms with Crippen molar-refractivity contribution in [2.75, 3.05) is 52.9 Å². The van der Waals surface area contributed by atoms with E-state index >= 15 is 0 Å². The summed E-state index contributed by atoms with van der Waals surface area (Å²) in [5.41, 5.74) is 26.8. The summed E-state index contributed by atoms with van der Waals surface area (Å²) < 4.78 is 0. The van der Waals surface area contributed by atoms with Crippen LogP contribution in [0.25, 0.3) is 0 Å². The molecule has 15 heteroatoms. The average Bonchev–Trinajstić information content (AvgIpc) is 2.76. The Bertz CT molecular complexity index is 579. The van der Waals surface area contributed by atoms with Gasteiger partial charge in [-0.25, -0.2) is 0 Å². The molecular weight excluding hydrogens is 422 g/mol. The third-order valence-electron chi connectivity index (χ3n) is 4.43. The second-order valence-electron chi connectivity index (χ2n) is 6.86. The highest BCUT2D eigenvalue weighted by Crippen LogP contribution is 2.07. The lowest BCUT2D eigenvalue weighted by atomic mass is 9.97. The molecule has 3 amide bonds. The molecule has 0 aromatic heterocycles. The first-order valence-corrected chi connectivity index (χ1v) is 10.4. The molecule has 32 heavy (non-hydrogen) atoms. The first kappa shape index (κ1) is 29.8. The van der Waals surface area contributed by atoms with Crippen molar-refractivity contribution in [1.82, 2.24) is 31.9 Å². The van der Waals surface area contributed by atoms with Crippen molar-refractivity contribution < 1.29 is 19.2 Å². The van der Waals surface area contributed by atoms with E-state index in [4.69, 9.17) is 28.7 Å². The minimum absolute atomic E-state index is 0.0176. The average molecular weight is 462 g/mol. The highest BCUT2D eigenvalue weighted by molar-refractivity contribution is 5.91. The standard InChI is InChI=1S/C17H39N11O4/c18-7-23-5-12(27-9-20)14(29)3-11(16(31)25-2-1-15(22)30)4-26-17(32)13(28-10-21)6-24-8-19/h11-13,23-24,27-28H,1-10,18-21H2,(H2,22,30)(H,25,31)(H,26,32). The van der Waals surface area contributed by atoms with Crippen LogP contribution in [0.15, 0.2) is 0 Å². The molecule has 0 radical (unpaired) electrons. The van der Waals surface area contributed by atoms with Gasteiger partial charge in [-0.3, -0.25) is 29.8 Å². The zero-order valence-corrected chi connectivity index (χ0v) is 18.3. The van der Waals surface area contributed by atoms with Crippen LogP contribution in [0.4, 0.5) is 0 Å². The van der Waals surface area contributed by atoms with Crippen molar-refractivity contribution in [2.45, 2.75) is 24.9 Å². The van der Waals surface area contributed by atoms with Crippen LogP contribution in [0.1, 0.15) is 12.8 Å². The van der Waals surface area contributed by atoms with Crippen LogP contribution in [0.3, 0.4) is 0 Å². The minimum atomic E-state index is -0.889. The van der Waals surface area contributed by atoms with E-state index in [9.17, 15) is 19.2 Å². The summed E-state index contributed by atoms with van der Waals surface area (Å²) in [4.78, 5) is 48.8. The number of carbonyl (C=O) groups excluding carboxylic acids is 4. The minimum Gasteiger partial charge on any atom is -0.370 e. The molecule has 186 valence electrons. The SMILES string of the molecule is NCNCC(NCN)C(=O)CC(CNC(=O)C(CNCN)NCN)C(=O)NCCC(N)=O. The zero-order chi connectivity index (χ0) is 24.4. The molecule has 0 aromatic carbocycles. The molecule has 15 nitrogen and oxygen atoms in total. The van der Waals surface area contributed by atoms with Gasteiger partial charge in [-0.15, -0.1) is 0 Å². The Hall–Kier alpha value is -2.24. The van der Waals surface area contributed by atoms with Crippen molar-refractivity contribution in [3.8, 4) is 0 Å². The van der Waals surface area contributed by atoms with Crippen LogP contribution in [-0.2, 0) is 19.2 Å². The van der Waals surface area contributed by atoms with E-state index in [0.717, 1.165) is 0 Å². The number of hydrogen-bond acceptors (Lipinski definition) is 12. The van der Waals surface area contributed by atoms with Gasteiger partial charge in [0, 0.05) is 65.7 Å². The van der Waals surface area contributed by atoms with Gasteiger partial charge >= 0.3 is 0 Å². The van der Waals surface area contributed by atoms with E-state index in [1.165, 1.54) is 0 Å². The number of carbonyl (C=O) groups is 4. The molecule has 0 aliphatic carbocycles. The summed E-state index contributed by atoms with van der Waals surface area (Å²) in [6.45, 7) is 0.790. The van der Waals surface area contributed by atoms with E-state index < -0.39 is 35.7 Å². The largest absolute Gasteiger partial charge is 0.370 e. The molecule has 0 saturated carbocycles. The zero-order valence-electron chi connectivity index (χ0n) is 18.3. The van der Waals surface area contributed by atoms with E-state index in [0.29, 0.717) is 0 Å². The molecule has 0 aromatic rings. The summed E-state index contributed by atoms with van der Waals surface area (Å²) >= 11 is 0. The Morgan fingerprint density at radius 1 is 0.688 bits per heavy atom. The van der Waals surface area contributed by atoms with Gasteiger partial charge in [0.05, 0.1) is 12.0 Å². The topological polar surface area (TPSA) is 271 Å². The molecule has 0 aliphatic heterocycles. The van der Waals surface area contributed by atoms with Crippen LogP contribution in [0.2, 0.25) is 0 Å². The van der Waals surface area contributed by atoms with Gasteiger partial charge in [0.2, 0.25) is 17.7 Å². The van der Waals surface area contributed by atoms with E-state index in [-0.39, 0.29) is 71.5 Å². The summed E-state index contributed by atoms with van der Waals surface area (Å²) in [6.07, 6.45) is -0.230. The Morgan fingerprint density at radius 3 is 1.78 bits per heavy atom. The fraction of sp³-hybridized carbons (Fsp3) is 0.765. The van der Waals surface area contributed by atoms with E-state index in [1.54, 1.807) is 0 Å². The van der Waals surface area contributed by atoms with Crippen LogP contribution in [0, 0.1) is 5.92 Å². The molecule has 0 aliphatic rings. The predicted molar refractivity (Wildman–Crippen MR) is 119 cm³/mol. The lowest BCUT2D eigenvalue weighted by molar-refractivity contribution is -0.131. The van der Waals surface area contributed by atoms with Crippen molar-refractivity contribution in [3.63, 3.8) is 0 Å². The third-order valence-corrected chi connectivity index (χ3v) is 4.43. The Balaban J connectivity index is 5.19. The van der Waals surface area contributed by atoms with Gasteiger partial charge in [0.1, 0.15) is 6.04 Å². The Labute approximate surface area is 187 Å². The molecule has 3 unspecified atom stereocenters. The smallest absolute Gasteiger partial charge is 0.238 e. The maximum Gasteiger partial charge on any atom is 0.238 e. The summed E-state index contributed by atoms with van der Waals surface area (Å²) in [5.74, 6) is -2.67.